The van der Waals surface area contributed by atoms with Crippen LogP contribution in [0.4, 0.5) is 11.9 Å². The molecule has 1 aromatic heterocycles. The van der Waals surface area contributed by atoms with Gasteiger partial charge < -0.3 is 19.5 Å². The molecule has 25 heavy (non-hydrogen) atoms. The molecule has 0 atom stereocenters. The Labute approximate surface area is 152 Å². The van der Waals surface area contributed by atoms with Crippen LogP contribution in [-0.2, 0) is 4.74 Å². The number of anilines is 2. The van der Waals surface area contributed by atoms with Gasteiger partial charge in [0.25, 0.3) is 5.95 Å². The first kappa shape index (κ1) is 17.4. The topological polar surface area (TPSA) is 105 Å². The quantitative estimate of drug-likeness (QED) is 0.567. The number of nitrogens with zero attached hydrogens (tertiary/aromatic N) is 5. The second-order valence-electron chi connectivity index (χ2n) is 5.12. The summed E-state index contributed by atoms with van der Waals surface area (Å²) >= 11 is 3.35. The SMILES string of the molecule is COc1nc(NN=Cc2cc(Br)ccc2O)nc(N2CCOCC2)n1. The van der Waals surface area contributed by atoms with Crippen LogP contribution in [0.5, 0.6) is 11.8 Å². The first-order valence-corrected chi connectivity index (χ1v) is 8.35. The summed E-state index contributed by atoms with van der Waals surface area (Å²) in [5.74, 6) is 0.869. The summed E-state index contributed by atoms with van der Waals surface area (Å²) < 4.78 is 11.3. The maximum atomic E-state index is 9.81. The van der Waals surface area contributed by atoms with Crippen LogP contribution in [0.2, 0.25) is 0 Å². The zero-order valence-electron chi connectivity index (χ0n) is 13.5. The largest absolute Gasteiger partial charge is 0.507 e. The number of morpholine rings is 1. The molecule has 0 spiro atoms. The number of halogens is 1. The fourth-order valence-electron chi connectivity index (χ4n) is 2.18. The minimum absolute atomic E-state index is 0.121. The van der Waals surface area contributed by atoms with Crippen molar-refractivity contribution in [3.63, 3.8) is 0 Å². The van der Waals surface area contributed by atoms with Gasteiger partial charge in [-0.2, -0.15) is 20.1 Å². The number of rotatable bonds is 5. The molecule has 0 aliphatic carbocycles. The summed E-state index contributed by atoms with van der Waals surface area (Å²) in [6.07, 6.45) is 1.48. The summed E-state index contributed by atoms with van der Waals surface area (Å²) in [5, 5.41) is 13.9. The molecule has 132 valence electrons. The Hall–Kier alpha value is -2.46. The van der Waals surface area contributed by atoms with Gasteiger partial charge in [0, 0.05) is 23.1 Å². The van der Waals surface area contributed by atoms with Gasteiger partial charge in [-0.3, -0.25) is 0 Å². The molecule has 2 aromatic rings. The molecule has 3 rings (SSSR count). The predicted octanol–water partition coefficient (Wildman–Crippen LogP) is 1.63. The Balaban J connectivity index is 1.77. The van der Waals surface area contributed by atoms with Crippen LogP contribution in [0.1, 0.15) is 5.56 Å². The molecule has 0 unspecified atom stereocenters. The van der Waals surface area contributed by atoms with Crippen molar-refractivity contribution in [2.45, 2.75) is 0 Å². The first-order valence-electron chi connectivity index (χ1n) is 7.56. The maximum Gasteiger partial charge on any atom is 0.322 e. The van der Waals surface area contributed by atoms with E-state index in [0.717, 1.165) is 4.47 Å². The van der Waals surface area contributed by atoms with Gasteiger partial charge in [-0.25, -0.2) is 5.43 Å². The predicted molar refractivity (Wildman–Crippen MR) is 96.4 cm³/mol. The van der Waals surface area contributed by atoms with Gasteiger partial charge in [0.15, 0.2) is 0 Å². The molecule has 1 fully saturated rings. The highest BCUT2D eigenvalue weighted by Gasteiger charge is 2.16. The molecule has 0 saturated carbocycles. The second-order valence-corrected chi connectivity index (χ2v) is 6.03. The van der Waals surface area contributed by atoms with E-state index < -0.39 is 0 Å². The summed E-state index contributed by atoms with van der Waals surface area (Å²) in [5.41, 5.74) is 3.29. The highest BCUT2D eigenvalue weighted by atomic mass is 79.9. The lowest BCUT2D eigenvalue weighted by molar-refractivity contribution is 0.122. The van der Waals surface area contributed by atoms with Crippen molar-refractivity contribution >= 4 is 34.0 Å². The molecule has 2 N–H and O–H groups in total. The highest BCUT2D eigenvalue weighted by Crippen LogP contribution is 2.20. The zero-order valence-corrected chi connectivity index (χ0v) is 15.1. The first-order chi connectivity index (χ1) is 12.2. The van der Waals surface area contributed by atoms with Crippen molar-refractivity contribution in [1.82, 2.24) is 15.0 Å². The van der Waals surface area contributed by atoms with Crippen LogP contribution < -0.4 is 15.1 Å². The lowest BCUT2D eigenvalue weighted by Crippen LogP contribution is -2.37. The van der Waals surface area contributed by atoms with Gasteiger partial charge in [0.1, 0.15) is 5.75 Å². The third kappa shape index (κ3) is 4.54. The molecule has 2 heterocycles. The normalized spacial score (nSPS) is 14.7. The Kier molecular flexibility index (Phi) is 5.61. The van der Waals surface area contributed by atoms with E-state index in [0.29, 0.717) is 37.8 Å². The molecule has 1 aliphatic rings. The monoisotopic (exact) mass is 408 g/mol. The number of phenols is 1. The number of benzene rings is 1. The van der Waals surface area contributed by atoms with Crippen LogP contribution in [0.3, 0.4) is 0 Å². The van der Waals surface area contributed by atoms with E-state index in [1.807, 2.05) is 4.90 Å². The average molecular weight is 409 g/mol. The Morgan fingerprint density at radius 3 is 2.88 bits per heavy atom. The summed E-state index contributed by atoms with van der Waals surface area (Å²) in [7, 11) is 1.49. The van der Waals surface area contributed by atoms with Gasteiger partial charge in [-0.1, -0.05) is 15.9 Å². The fraction of sp³-hybridized carbons (Fsp3) is 0.333. The third-order valence-corrected chi connectivity index (χ3v) is 3.93. The van der Waals surface area contributed by atoms with Crippen molar-refractivity contribution in [2.24, 2.45) is 5.10 Å². The van der Waals surface area contributed by atoms with E-state index in [-0.39, 0.29) is 17.7 Å². The molecular formula is C15H17BrN6O3. The van der Waals surface area contributed by atoms with Gasteiger partial charge in [0.05, 0.1) is 26.5 Å². The van der Waals surface area contributed by atoms with Crippen molar-refractivity contribution in [2.75, 3.05) is 43.7 Å². The molecule has 10 heteroatoms. The van der Waals surface area contributed by atoms with E-state index in [1.165, 1.54) is 13.3 Å². The van der Waals surface area contributed by atoms with Crippen LogP contribution in [0.25, 0.3) is 0 Å². The van der Waals surface area contributed by atoms with E-state index in [1.54, 1.807) is 18.2 Å². The van der Waals surface area contributed by atoms with Gasteiger partial charge in [-0.15, -0.1) is 0 Å². The second kappa shape index (κ2) is 8.08. The smallest absolute Gasteiger partial charge is 0.322 e. The summed E-state index contributed by atoms with van der Waals surface area (Å²) in [6.45, 7) is 2.64. The van der Waals surface area contributed by atoms with Crippen LogP contribution in [0.15, 0.2) is 27.8 Å². The van der Waals surface area contributed by atoms with Crippen molar-refractivity contribution in [1.29, 1.82) is 0 Å². The number of nitrogens with one attached hydrogen (secondary N) is 1. The third-order valence-electron chi connectivity index (χ3n) is 3.44. The molecule has 1 aromatic carbocycles. The molecule has 1 saturated heterocycles. The number of hydrazone groups is 1. The van der Waals surface area contributed by atoms with E-state index >= 15 is 0 Å². The maximum absolute atomic E-state index is 9.81. The lowest BCUT2D eigenvalue weighted by Gasteiger charge is -2.26. The fourth-order valence-corrected chi connectivity index (χ4v) is 2.56. The van der Waals surface area contributed by atoms with E-state index in [2.05, 4.69) is 41.4 Å². The Morgan fingerprint density at radius 2 is 2.12 bits per heavy atom. The molecular weight excluding hydrogens is 392 g/mol. The molecule has 1 aliphatic heterocycles. The minimum Gasteiger partial charge on any atom is -0.507 e. The van der Waals surface area contributed by atoms with E-state index in [4.69, 9.17) is 9.47 Å². The van der Waals surface area contributed by atoms with Gasteiger partial charge in [0.2, 0.25) is 5.95 Å². The van der Waals surface area contributed by atoms with Crippen LogP contribution >= 0.6 is 15.9 Å². The average Bonchev–Trinajstić information content (AvgIpc) is 2.65. The van der Waals surface area contributed by atoms with Crippen molar-refractivity contribution < 1.29 is 14.6 Å². The van der Waals surface area contributed by atoms with Gasteiger partial charge in [-0.05, 0) is 18.2 Å². The van der Waals surface area contributed by atoms with Crippen LogP contribution in [0, 0.1) is 0 Å². The van der Waals surface area contributed by atoms with Crippen molar-refractivity contribution in [3.8, 4) is 11.8 Å². The van der Waals surface area contributed by atoms with Crippen LogP contribution in [-0.4, -0.2) is 59.7 Å². The molecule has 0 radical (unpaired) electrons. The highest BCUT2D eigenvalue weighted by molar-refractivity contribution is 9.10. The Bertz CT molecular complexity index is 767. The van der Waals surface area contributed by atoms with E-state index in [9.17, 15) is 5.11 Å². The number of hydrogen-bond acceptors (Lipinski definition) is 9. The minimum atomic E-state index is 0.121. The number of methoxy groups -OCH3 is 1. The number of aromatic nitrogens is 3. The lowest BCUT2D eigenvalue weighted by atomic mass is 10.2. The number of hydrogen-bond donors (Lipinski definition) is 2. The number of phenolic OH excluding ortho intramolecular Hbond substituents is 1. The standard InChI is InChI=1S/C15H17BrN6O3/c1-24-15-19-13(18-14(20-15)22-4-6-25-7-5-22)21-17-9-10-8-11(16)2-3-12(10)23/h2-3,8-9,23H,4-7H2,1H3,(H,18,19,20,21). The number of aromatic hydroxyl groups is 1. The van der Waals surface area contributed by atoms with Gasteiger partial charge >= 0.3 is 6.01 Å². The number of ether oxygens (including phenoxy) is 2. The zero-order chi connectivity index (χ0) is 17.6. The molecule has 0 amide bonds. The Morgan fingerprint density at radius 1 is 1.32 bits per heavy atom. The summed E-state index contributed by atoms with van der Waals surface area (Å²) in [6, 6.07) is 5.26. The van der Waals surface area contributed by atoms with Crippen molar-refractivity contribution in [3.05, 3.63) is 28.2 Å². The molecule has 0 bridgehead atoms. The summed E-state index contributed by atoms with van der Waals surface area (Å²) in [4.78, 5) is 14.7. The molecule has 9 nitrogen and oxygen atoms in total.